The zero-order valence-corrected chi connectivity index (χ0v) is 20.7. The van der Waals surface area contributed by atoms with Crippen LogP contribution in [0, 0.1) is 6.92 Å². The molecule has 0 aliphatic heterocycles. The van der Waals surface area contributed by atoms with Crippen LogP contribution in [0.15, 0.2) is 83.8 Å². The molecule has 0 saturated carbocycles. The number of nitrogens with zero attached hydrogens (tertiary/aromatic N) is 2. The van der Waals surface area contributed by atoms with Crippen molar-refractivity contribution in [1.29, 1.82) is 0 Å². The van der Waals surface area contributed by atoms with Gasteiger partial charge in [-0.1, -0.05) is 48.0 Å². The Balaban J connectivity index is 1.55. The van der Waals surface area contributed by atoms with E-state index in [9.17, 15) is 13.2 Å². The topological polar surface area (TPSA) is 78.9 Å². The second-order valence-electron chi connectivity index (χ2n) is 8.26. The monoisotopic (exact) mass is 481 g/mol. The van der Waals surface area contributed by atoms with Crippen molar-refractivity contribution < 1.29 is 17.9 Å². The van der Waals surface area contributed by atoms with Gasteiger partial charge in [-0.3, -0.25) is 9.10 Å². The number of anilines is 1. The minimum Gasteiger partial charge on any atom is -0.484 e. The molecule has 180 valence electrons. The molecule has 0 aromatic heterocycles. The van der Waals surface area contributed by atoms with E-state index in [-0.39, 0.29) is 23.5 Å². The molecule has 0 saturated heterocycles. The number of sulfonamides is 1. The first-order valence-electron chi connectivity index (χ1n) is 10.9. The third kappa shape index (κ3) is 6.36. The van der Waals surface area contributed by atoms with E-state index >= 15 is 0 Å². The van der Waals surface area contributed by atoms with Crippen molar-refractivity contribution in [1.82, 2.24) is 10.2 Å². The number of carbonyl (C=O) groups is 1. The van der Waals surface area contributed by atoms with Crippen molar-refractivity contribution in [3.8, 4) is 5.75 Å². The lowest BCUT2D eigenvalue weighted by Gasteiger charge is -2.25. The van der Waals surface area contributed by atoms with Crippen LogP contribution in [0.4, 0.5) is 5.69 Å². The molecule has 1 unspecified atom stereocenters. The summed E-state index contributed by atoms with van der Waals surface area (Å²) in [5.41, 5.74) is 2.60. The molecule has 8 heteroatoms. The lowest BCUT2D eigenvalue weighted by molar-refractivity contribution is -0.123. The summed E-state index contributed by atoms with van der Waals surface area (Å²) in [6.07, 6.45) is 0. The van der Waals surface area contributed by atoms with Gasteiger partial charge in [-0.2, -0.15) is 0 Å². The van der Waals surface area contributed by atoms with Gasteiger partial charge in [0.2, 0.25) is 0 Å². The van der Waals surface area contributed by atoms with Gasteiger partial charge in [0.15, 0.2) is 6.61 Å². The molecule has 7 nitrogen and oxygen atoms in total. The Morgan fingerprint density at radius 3 is 2.12 bits per heavy atom. The number of aryl methyl sites for hydroxylation is 1. The van der Waals surface area contributed by atoms with Crippen LogP contribution in [0.5, 0.6) is 5.75 Å². The molecule has 1 atom stereocenters. The molecule has 3 aromatic carbocycles. The molecule has 0 spiro atoms. The fourth-order valence-corrected chi connectivity index (χ4v) is 4.64. The van der Waals surface area contributed by atoms with E-state index in [0.717, 1.165) is 11.1 Å². The molecule has 1 amide bonds. The van der Waals surface area contributed by atoms with Crippen LogP contribution in [-0.2, 0) is 14.8 Å². The predicted molar refractivity (Wildman–Crippen MR) is 135 cm³/mol. The Hall–Kier alpha value is -3.36. The second-order valence-corrected chi connectivity index (χ2v) is 10.2. The van der Waals surface area contributed by atoms with Gasteiger partial charge >= 0.3 is 0 Å². The van der Waals surface area contributed by atoms with Gasteiger partial charge in [0.1, 0.15) is 5.75 Å². The fraction of sp³-hybridized carbons (Fsp3) is 0.269. The number of ether oxygens (including phenoxy) is 1. The number of likely N-dealkylation sites (N-methyl/N-ethyl adjacent to an activating group) is 1. The van der Waals surface area contributed by atoms with Crippen molar-refractivity contribution >= 4 is 21.6 Å². The van der Waals surface area contributed by atoms with Gasteiger partial charge < -0.3 is 15.0 Å². The van der Waals surface area contributed by atoms with E-state index < -0.39 is 10.0 Å². The first-order chi connectivity index (χ1) is 16.2. The molecule has 0 radical (unpaired) electrons. The summed E-state index contributed by atoms with van der Waals surface area (Å²) < 4.78 is 32.5. The van der Waals surface area contributed by atoms with Crippen molar-refractivity contribution in [2.45, 2.75) is 17.9 Å². The number of rotatable bonds is 10. The Morgan fingerprint density at radius 2 is 1.53 bits per heavy atom. The van der Waals surface area contributed by atoms with Crippen molar-refractivity contribution in [2.24, 2.45) is 0 Å². The Bertz CT molecular complexity index is 1180. The minimum atomic E-state index is -3.67. The summed E-state index contributed by atoms with van der Waals surface area (Å²) in [4.78, 5) is 14.6. The maximum Gasteiger partial charge on any atom is 0.264 e. The van der Waals surface area contributed by atoms with Gasteiger partial charge in [0.25, 0.3) is 15.9 Å². The second kappa shape index (κ2) is 11.2. The molecule has 0 aliphatic rings. The zero-order valence-electron chi connectivity index (χ0n) is 19.9. The summed E-state index contributed by atoms with van der Waals surface area (Å²) >= 11 is 0. The molecule has 1 N–H and O–H groups in total. The van der Waals surface area contributed by atoms with Crippen molar-refractivity contribution in [3.63, 3.8) is 0 Å². The number of amides is 1. The van der Waals surface area contributed by atoms with Crippen LogP contribution in [0.25, 0.3) is 0 Å². The van der Waals surface area contributed by atoms with E-state index in [2.05, 4.69) is 10.2 Å². The van der Waals surface area contributed by atoms with E-state index in [1.165, 1.54) is 11.4 Å². The highest BCUT2D eigenvalue weighted by atomic mass is 32.2. The molecular weight excluding hydrogens is 450 g/mol. The zero-order chi connectivity index (χ0) is 24.7. The maximum absolute atomic E-state index is 12.9. The first-order valence-corrected chi connectivity index (χ1v) is 12.4. The number of hydrogen-bond donors (Lipinski definition) is 1. The highest BCUT2D eigenvalue weighted by molar-refractivity contribution is 7.92. The Morgan fingerprint density at radius 1 is 0.912 bits per heavy atom. The first kappa shape index (κ1) is 25.3. The molecule has 0 fully saturated rings. The minimum absolute atomic E-state index is 0.0513. The van der Waals surface area contributed by atoms with Gasteiger partial charge in [0.05, 0.1) is 16.6 Å². The lowest BCUT2D eigenvalue weighted by atomic mass is 10.1. The molecule has 0 heterocycles. The van der Waals surface area contributed by atoms with E-state index in [0.29, 0.717) is 18.0 Å². The molecule has 34 heavy (non-hydrogen) atoms. The highest BCUT2D eigenvalue weighted by Crippen LogP contribution is 2.24. The van der Waals surface area contributed by atoms with Crippen molar-refractivity contribution in [3.05, 3.63) is 90.0 Å². The fourth-order valence-electron chi connectivity index (χ4n) is 3.44. The van der Waals surface area contributed by atoms with Crippen LogP contribution >= 0.6 is 0 Å². The third-order valence-electron chi connectivity index (χ3n) is 5.55. The maximum atomic E-state index is 12.9. The predicted octanol–water partition coefficient (Wildman–Crippen LogP) is 3.62. The SMILES string of the molecule is Cc1ccc(S(=O)(=O)N(C)c2ccc(OCC(=O)NCC(c3ccccc3)N(C)C)cc2)cc1. The molecule has 0 bridgehead atoms. The lowest BCUT2D eigenvalue weighted by Crippen LogP contribution is -2.36. The van der Waals surface area contributed by atoms with Crippen molar-refractivity contribution in [2.75, 3.05) is 38.6 Å². The quantitative estimate of drug-likeness (QED) is 0.479. The van der Waals surface area contributed by atoms with E-state index in [1.807, 2.05) is 51.4 Å². The average Bonchev–Trinajstić information content (AvgIpc) is 2.83. The summed E-state index contributed by atoms with van der Waals surface area (Å²) in [6, 6.07) is 23.3. The largest absolute Gasteiger partial charge is 0.484 e. The van der Waals surface area contributed by atoms with Crippen LogP contribution in [0.1, 0.15) is 17.2 Å². The smallest absolute Gasteiger partial charge is 0.264 e. The number of benzene rings is 3. The van der Waals surface area contributed by atoms with E-state index in [1.54, 1.807) is 48.5 Å². The third-order valence-corrected chi connectivity index (χ3v) is 7.35. The summed E-state index contributed by atoms with van der Waals surface area (Å²) in [5, 5.41) is 2.91. The van der Waals surface area contributed by atoms with E-state index in [4.69, 9.17) is 4.74 Å². The number of carbonyl (C=O) groups excluding carboxylic acids is 1. The summed E-state index contributed by atoms with van der Waals surface area (Å²) in [7, 11) is 1.78. The molecular formula is C26H31N3O4S. The van der Waals surface area contributed by atoms with Gasteiger partial charge in [-0.05, 0) is 63.0 Å². The van der Waals surface area contributed by atoms with Gasteiger partial charge in [-0.25, -0.2) is 8.42 Å². The van der Waals surface area contributed by atoms with Gasteiger partial charge in [-0.15, -0.1) is 0 Å². The molecule has 3 aromatic rings. The Labute approximate surface area is 202 Å². The van der Waals surface area contributed by atoms with Gasteiger partial charge in [0, 0.05) is 13.6 Å². The molecule has 0 aliphatic carbocycles. The molecule has 3 rings (SSSR count). The van der Waals surface area contributed by atoms with Crippen LogP contribution in [0.3, 0.4) is 0 Å². The summed E-state index contributed by atoms with van der Waals surface area (Å²) in [6.45, 7) is 2.23. The van der Waals surface area contributed by atoms with Crippen LogP contribution in [0.2, 0.25) is 0 Å². The van der Waals surface area contributed by atoms with Crippen LogP contribution in [-0.4, -0.2) is 53.5 Å². The van der Waals surface area contributed by atoms with Crippen LogP contribution < -0.4 is 14.4 Å². The number of hydrogen-bond acceptors (Lipinski definition) is 5. The standard InChI is InChI=1S/C26H31N3O4S/c1-20-10-16-24(17-11-20)34(31,32)29(4)22-12-14-23(15-13-22)33-19-26(30)27-18-25(28(2)3)21-8-6-5-7-9-21/h5-17,25H,18-19H2,1-4H3,(H,27,30). The average molecular weight is 482 g/mol. The Kier molecular flexibility index (Phi) is 8.31. The normalized spacial score (nSPS) is 12.3. The summed E-state index contributed by atoms with van der Waals surface area (Å²) in [5.74, 6) is 0.248. The number of nitrogens with one attached hydrogen (secondary N) is 1. The highest BCUT2D eigenvalue weighted by Gasteiger charge is 2.21.